The number of rotatable bonds is 5. The lowest BCUT2D eigenvalue weighted by molar-refractivity contribution is 0.672. The van der Waals surface area contributed by atoms with Crippen LogP contribution >= 0.6 is 0 Å². The number of hydrogen-bond donors (Lipinski definition) is 0. The van der Waals surface area contributed by atoms with Gasteiger partial charge in [-0.3, -0.25) is 0 Å². The maximum Gasteiger partial charge on any atom is 0.143 e. The van der Waals surface area contributed by atoms with Gasteiger partial charge >= 0.3 is 0 Å². The normalized spacial score (nSPS) is 11.6. The first kappa shape index (κ1) is 28.4. The van der Waals surface area contributed by atoms with Gasteiger partial charge in [0.2, 0.25) is 0 Å². The van der Waals surface area contributed by atoms with Gasteiger partial charge < -0.3 is 9.32 Å². The Kier molecular flexibility index (Phi) is 6.53. The molecule has 0 aliphatic carbocycles. The molecule has 0 fully saturated rings. The molecule has 0 aliphatic heterocycles. The SMILES string of the molecule is c1ccc(-c2ccc(N(c3ccc(-c4cccc5ccccc45)cc3)c3ccc4oc5c6ccccc6ccc5c4c3)c3ccccc23)cc1. The molecule has 0 radical (unpaired) electrons. The lowest BCUT2D eigenvalue weighted by Gasteiger charge is -2.28. The fraction of sp³-hybridized carbons (Fsp3) is 0. The van der Waals surface area contributed by atoms with Crippen molar-refractivity contribution in [2.24, 2.45) is 0 Å². The van der Waals surface area contributed by atoms with Gasteiger partial charge in [-0.05, 0) is 86.3 Å². The molecular weight excluding hydrogens is 607 g/mol. The minimum absolute atomic E-state index is 0.885. The number of nitrogens with zero attached hydrogens (tertiary/aromatic N) is 1. The molecule has 0 saturated carbocycles. The molecule has 0 amide bonds. The molecule has 2 nitrogen and oxygen atoms in total. The van der Waals surface area contributed by atoms with Gasteiger partial charge in [0.1, 0.15) is 11.2 Å². The van der Waals surface area contributed by atoms with E-state index >= 15 is 0 Å². The van der Waals surface area contributed by atoms with Gasteiger partial charge in [-0.1, -0.05) is 146 Å². The molecule has 2 heteroatoms. The van der Waals surface area contributed by atoms with E-state index in [0.29, 0.717) is 0 Å². The Morgan fingerprint density at radius 2 is 0.960 bits per heavy atom. The summed E-state index contributed by atoms with van der Waals surface area (Å²) in [4.78, 5) is 2.39. The van der Waals surface area contributed by atoms with Crippen LogP contribution in [0, 0.1) is 0 Å². The highest BCUT2D eigenvalue weighted by atomic mass is 16.3. The molecule has 234 valence electrons. The molecule has 10 aromatic rings. The quantitative estimate of drug-likeness (QED) is 0.187. The van der Waals surface area contributed by atoms with E-state index in [1.807, 2.05) is 0 Å². The number of anilines is 3. The van der Waals surface area contributed by atoms with E-state index in [9.17, 15) is 0 Å². The Hall–Kier alpha value is -6.64. The lowest BCUT2D eigenvalue weighted by Crippen LogP contribution is -2.10. The van der Waals surface area contributed by atoms with Gasteiger partial charge in [0.05, 0.1) is 5.69 Å². The van der Waals surface area contributed by atoms with Gasteiger partial charge in [0.15, 0.2) is 0 Å². The molecule has 0 N–H and O–H groups in total. The summed E-state index contributed by atoms with van der Waals surface area (Å²) in [6, 6.07) is 67.5. The van der Waals surface area contributed by atoms with Crippen LogP contribution in [0.2, 0.25) is 0 Å². The van der Waals surface area contributed by atoms with E-state index in [1.165, 1.54) is 49.2 Å². The fourth-order valence-corrected chi connectivity index (χ4v) is 7.67. The van der Waals surface area contributed by atoms with Crippen molar-refractivity contribution < 1.29 is 4.42 Å². The summed E-state index contributed by atoms with van der Waals surface area (Å²) in [5, 5.41) is 9.44. The largest absolute Gasteiger partial charge is 0.455 e. The molecule has 0 bridgehead atoms. The summed E-state index contributed by atoms with van der Waals surface area (Å²) >= 11 is 0. The van der Waals surface area contributed by atoms with Crippen LogP contribution in [0.5, 0.6) is 0 Å². The van der Waals surface area contributed by atoms with Gasteiger partial charge in [-0.25, -0.2) is 0 Å². The summed E-state index contributed by atoms with van der Waals surface area (Å²) in [5.74, 6) is 0. The van der Waals surface area contributed by atoms with E-state index < -0.39 is 0 Å². The van der Waals surface area contributed by atoms with Crippen LogP contribution in [-0.2, 0) is 0 Å². The van der Waals surface area contributed by atoms with Crippen LogP contribution in [0.3, 0.4) is 0 Å². The summed E-state index contributed by atoms with van der Waals surface area (Å²) in [6.45, 7) is 0. The standard InChI is InChI=1S/C48H31NO/c1-2-11-32(12-3-1)40-28-29-46(43-19-9-8-18-42(40)43)49(36-24-21-35(22-25-36)39-20-10-15-33-13-4-6-16-38(33)39)37-26-30-47-45(31-37)44-27-23-34-14-5-7-17-41(34)48(44)50-47/h1-31H. The Balaban J connectivity index is 1.19. The Bertz CT molecular complexity index is 2860. The lowest BCUT2D eigenvalue weighted by atomic mass is 9.96. The minimum Gasteiger partial charge on any atom is -0.455 e. The zero-order valence-corrected chi connectivity index (χ0v) is 27.3. The zero-order valence-electron chi connectivity index (χ0n) is 27.3. The molecule has 1 aromatic heterocycles. The van der Waals surface area contributed by atoms with E-state index in [-0.39, 0.29) is 0 Å². The number of benzene rings is 9. The predicted molar refractivity (Wildman–Crippen MR) is 212 cm³/mol. The highest BCUT2D eigenvalue weighted by Gasteiger charge is 2.20. The summed E-state index contributed by atoms with van der Waals surface area (Å²) in [7, 11) is 0. The number of fused-ring (bicyclic) bond motifs is 7. The van der Waals surface area contributed by atoms with Crippen LogP contribution < -0.4 is 4.90 Å². The van der Waals surface area contributed by atoms with Crippen molar-refractivity contribution in [3.63, 3.8) is 0 Å². The van der Waals surface area contributed by atoms with Crippen molar-refractivity contribution in [1.82, 2.24) is 0 Å². The average molecular weight is 638 g/mol. The molecule has 9 aromatic carbocycles. The highest BCUT2D eigenvalue weighted by molar-refractivity contribution is 6.16. The number of hydrogen-bond acceptors (Lipinski definition) is 2. The molecular formula is C48H31NO. The van der Waals surface area contributed by atoms with Crippen molar-refractivity contribution in [2.75, 3.05) is 4.90 Å². The van der Waals surface area contributed by atoms with Crippen molar-refractivity contribution >= 4 is 71.3 Å². The highest BCUT2D eigenvalue weighted by Crippen LogP contribution is 2.44. The number of furan rings is 1. The van der Waals surface area contributed by atoms with Crippen LogP contribution in [0.4, 0.5) is 17.1 Å². The molecule has 1 heterocycles. The molecule has 0 aliphatic rings. The second-order valence-corrected chi connectivity index (χ2v) is 12.9. The molecule has 0 spiro atoms. The third kappa shape index (κ3) is 4.57. The minimum atomic E-state index is 0.885. The third-order valence-corrected chi connectivity index (χ3v) is 10.1. The Morgan fingerprint density at radius 1 is 0.340 bits per heavy atom. The van der Waals surface area contributed by atoms with Gasteiger partial charge in [0, 0.05) is 32.9 Å². The van der Waals surface area contributed by atoms with Crippen LogP contribution in [0.1, 0.15) is 0 Å². The van der Waals surface area contributed by atoms with E-state index in [0.717, 1.165) is 44.4 Å². The monoisotopic (exact) mass is 637 g/mol. The molecule has 0 atom stereocenters. The Morgan fingerprint density at radius 3 is 1.78 bits per heavy atom. The van der Waals surface area contributed by atoms with Crippen molar-refractivity contribution in [2.45, 2.75) is 0 Å². The summed E-state index contributed by atoms with van der Waals surface area (Å²) in [5.41, 5.74) is 9.95. The third-order valence-electron chi connectivity index (χ3n) is 10.1. The topological polar surface area (TPSA) is 16.4 Å². The molecule has 50 heavy (non-hydrogen) atoms. The molecule has 0 unspecified atom stereocenters. The smallest absolute Gasteiger partial charge is 0.143 e. The predicted octanol–water partition coefficient (Wildman–Crippen LogP) is 13.8. The summed E-state index contributed by atoms with van der Waals surface area (Å²) in [6.07, 6.45) is 0. The first-order chi connectivity index (χ1) is 24.8. The van der Waals surface area contributed by atoms with Crippen LogP contribution in [-0.4, -0.2) is 0 Å². The van der Waals surface area contributed by atoms with Gasteiger partial charge in [-0.2, -0.15) is 0 Å². The van der Waals surface area contributed by atoms with Gasteiger partial charge in [0.25, 0.3) is 0 Å². The van der Waals surface area contributed by atoms with Gasteiger partial charge in [-0.15, -0.1) is 0 Å². The molecule has 10 rings (SSSR count). The average Bonchev–Trinajstić information content (AvgIpc) is 3.57. The maximum atomic E-state index is 6.53. The first-order valence-electron chi connectivity index (χ1n) is 17.1. The van der Waals surface area contributed by atoms with Crippen LogP contribution in [0.15, 0.2) is 192 Å². The van der Waals surface area contributed by atoms with E-state index in [1.54, 1.807) is 0 Å². The van der Waals surface area contributed by atoms with E-state index in [2.05, 4.69) is 193 Å². The summed E-state index contributed by atoms with van der Waals surface area (Å²) < 4.78 is 6.53. The second-order valence-electron chi connectivity index (χ2n) is 12.9. The Labute approximate surface area is 290 Å². The van der Waals surface area contributed by atoms with E-state index in [4.69, 9.17) is 4.42 Å². The van der Waals surface area contributed by atoms with Crippen molar-refractivity contribution in [1.29, 1.82) is 0 Å². The second kappa shape index (κ2) is 11.5. The first-order valence-corrected chi connectivity index (χ1v) is 17.1. The van der Waals surface area contributed by atoms with Crippen LogP contribution in [0.25, 0.3) is 76.5 Å². The zero-order chi connectivity index (χ0) is 33.0. The van der Waals surface area contributed by atoms with Crippen molar-refractivity contribution in [3.05, 3.63) is 188 Å². The maximum absolute atomic E-state index is 6.53. The van der Waals surface area contributed by atoms with Crippen molar-refractivity contribution in [3.8, 4) is 22.3 Å². The molecule has 0 saturated heterocycles. The fourth-order valence-electron chi connectivity index (χ4n) is 7.67.